The van der Waals surface area contributed by atoms with Crippen molar-refractivity contribution in [1.29, 1.82) is 0 Å². The van der Waals surface area contributed by atoms with Gasteiger partial charge in [-0.1, -0.05) is 48.0 Å². The minimum atomic E-state index is -0.596. The summed E-state index contributed by atoms with van der Waals surface area (Å²) in [5.74, 6) is 0.454. The molecule has 0 bridgehead atoms. The number of ether oxygens (including phenoxy) is 2. The highest BCUT2D eigenvalue weighted by Gasteiger charge is 2.35. The molecule has 1 aliphatic rings. The fraction of sp³-hybridized carbons (Fsp3) is 0.381. The highest BCUT2D eigenvalue weighted by molar-refractivity contribution is 6.30. The standard InChI is InChI=1S/C21H24ClNO3/c1-16(26-19-9-5-8-18(22)14-19)20(24)23-15-21(10-12-25-13-11-21)17-6-3-2-4-7-17/h2-9,14,16H,10-13,15H2,1H3,(H,23,24)/t16-/m1/s1. The lowest BCUT2D eigenvalue weighted by Gasteiger charge is -2.38. The summed E-state index contributed by atoms with van der Waals surface area (Å²) in [5, 5.41) is 3.66. The van der Waals surface area contributed by atoms with Crippen LogP contribution in [0.1, 0.15) is 25.3 Å². The molecule has 0 spiro atoms. The number of rotatable bonds is 6. The number of nitrogens with one attached hydrogen (secondary N) is 1. The van der Waals surface area contributed by atoms with E-state index in [0.29, 0.717) is 30.5 Å². The molecule has 0 saturated carbocycles. The molecule has 0 radical (unpaired) electrons. The van der Waals surface area contributed by atoms with Gasteiger partial charge in [0, 0.05) is 30.2 Å². The van der Waals surface area contributed by atoms with Crippen LogP contribution in [-0.2, 0) is 14.9 Å². The third kappa shape index (κ3) is 4.57. The number of carbonyl (C=O) groups excluding carboxylic acids is 1. The van der Waals surface area contributed by atoms with Crippen molar-refractivity contribution in [3.63, 3.8) is 0 Å². The van der Waals surface area contributed by atoms with Gasteiger partial charge in [-0.05, 0) is 43.5 Å². The minimum absolute atomic E-state index is 0.0923. The third-order valence-corrected chi connectivity index (χ3v) is 5.15. The first-order valence-electron chi connectivity index (χ1n) is 8.92. The van der Waals surface area contributed by atoms with Gasteiger partial charge in [-0.25, -0.2) is 0 Å². The van der Waals surface area contributed by atoms with Crippen molar-refractivity contribution in [3.8, 4) is 5.75 Å². The van der Waals surface area contributed by atoms with Crippen molar-refractivity contribution in [1.82, 2.24) is 5.32 Å². The van der Waals surface area contributed by atoms with Crippen molar-refractivity contribution < 1.29 is 14.3 Å². The molecular weight excluding hydrogens is 350 g/mol. The second-order valence-corrected chi connectivity index (χ2v) is 7.13. The molecule has 1 N–H and O–H groups in total. The number of hydrogen-bond acceptors (Lipinski definition) is 3. The molecule has 138 valence electrons. The van der Waals surface area contributed by atoms with Gasteiger partial charge in [0.2, 0.25) is 0 Å². The zero-order valence-corrected chi connectivity index (χ0v) is 15.7. The Morgan fingerprint density at radius 1 is 1.19 bits per heavy atom. The Kier molecular flexibility index (Phi) is 6.17. The van der Waals surface area contributed by atoms with Gasteiger partial charge >= 0.3 is 0 Å². The highest BCUT2D eigenvalue weighted by Crippen LogP contribution is 2.34. The summed E-state index contributed by atoms with van der Waals surface area (Å²) in [4.78, 5) is 12.5. The van der Waals surface area contributed by atoms with Crippen LogP contribution >= 0.6 is 11.6 Å². The van der Waals surface area contributed by atoms with Gasteiger partial charge < -0.3 is 14.8 Å². The predicted molar refractivity (Wildman–Crippen MR) is 103 cm³/mol. The molecule has 0 unspecified atom stereocenters. The molecule has 3 rings (SSSR count). The van der Waals surface area contributed by atoms with E-state index in [2.05, 4.69) is 17.4 Å². The number of benzene rings is 2. The van der Waals surface area contributed by atoms with E-state index in [0.717, 1.165) is 12.8 Å². The number of carbonyl (C=O) groups is 1. The third-order valence-electron chi connectivity index (χ3n) is 4.92. The quantitative estimate of drug-likeness (QED) is 0.833. The average molecular weight is 374 g/mol. The van der Waals surface area contributed by atoms with Crippen LogP contribution in [0, 0.1) is 0 Å². The average Bonchev–Trinajstić information content (AvgIpc) is 2.67. The summed E-state index contributed by atoms with van der Waals surface area (Å²) < 4.78 is 11.3. The van der Waals surface area contributed by atoms with Gasteiger partial charge in [0.05, 0.1) is 0 Å². The zero-order chi connectivity index (χ0) is 18.4. The predicted octanol–water partition coefficient (Wildman–Crippen LogP) is 3.97. The van der Waals surface area contributed by atoms with Crippen LogP contribution in [0.2, 0.25) is 5.02 Å². The topological polar surface area (TPSA) is 47.6 Å². The molecular formula is C21H24ClNO3. The van der Waals surface area contributed by atoms with Crippen LogP contribution in [0.3, 0.4) is 0 Å². The molecule has 1 fully saturated rings. The Morgan fingerprint density at radius 2 is 1.92 bits per heavy atom. The lowest BCUT2D eigenvalue weighted by Crippen LogP contribution is -2.47. The fourth-order valence-corrected chi connectivity index (χ4v) is 3.50. The smallest absolute Gasteiger partial charge is 0.260 e. The lowest BCUT2D eigenvalue weighted by atomic mass is 9.74. The zero-order valence-electron chi connectivity index (χ0n) is 14.9. The van der Waals surface area contributed by atoms with E-state index in [1.165, 1.54) is 5.56 Å². The first-order chi connectivity index (χ1) is 12.6. The van der Waals surface area contributed by atoms with E-state index in [1.807, 2.05) is 18.2 Å². The molecule has 2 aromatic carbocycles. The van der Waals surface area contributed by atoms with Crippen LogP contribution < -0.4 is 10.1 Å². The van der Waals surface area contributed by atoms with E-state index >= 15 is 0 Å². The molecule has 1 atom stereocenters. The minimum Gasteiger partial charge on any atom is -0.481 e. The van der Waals surface area contributed by atoms with Crippen LogP contribution in [0.25, 0.3) is 0 Å². The molecule has 1 aliphatic heterocycles. The molecule has 0 aliphatic carbocycles. The molecule has 0 aromatic heterocycles. The van der Waals surface area contributed by atoms with Crippen LogP contribution in [0.5, 0.6) is 5.75 Å². The van der Waals surface area contributed by atoms with Gasteiger partial charge in [-0.3, -0.25) is 4.79 Å². The van der Waals surface area contributed by atoms with Crippen molar-refractivity contribution in [2.45, 2.75) is 31.3 Å². The van der Waals surface area contributed by atoms with Gasteiger partial charge in [-0.2, -0.15) is 0 Å². The summed E-state index contributed by atoms with van der Waals surface area (Å²) in [7, 11) is 0. The molecule has 2 aromatic rings. The normalized spacial score (nSPS) is 17.3. The number of hydrogen-bond donors (Lipinski definition) is 1. The lowest BCUT2D eigenvalue weighted by molar-refractivity contribution is -0.127. The molecule has 1 amide bonds. The van der Waals surface area contributed by atoms with Gasteiger partial charge in [0.25, 0.3) is 5.91 Å². The molecule has 26 heavy (non-hydrogen) atoms. The number of amides is 1. The highest BCUT2D eigenvalue weighted by atomic mass is 35.5. The number of halogens is 1. The van der Waals surface area contributed by atoms with E-state index in [4.69, 9.17) is 21.1 Å². The Labute approximate surface area is 159 Å². The van der Waals surface area contributed by atoms with Crippen LogP contribution in [0.15, 0.2) is 54.6 Å². The first-order valence-corrected chi connectivity index (χ1v) is 9.30. The van der Waals surface area contributed by atoms with Gasteiger partial charge in [0.15, 0.2) is 6.10 Å². The Bertz CT molecular complexity index is 729. The second kappa shape index (κ2) is 8.56. The van der Waals surface area contributed by atoms with Crippen molar-refractivity contribution >= 4 is 17.5 Å². The van der Waals surface area contributed by atoms with Crippen LogP contribution in [-0.4, -0.2) is 31.8 Å². The van der Waals surface area contributed by atoms with Crippen molar-refractivity contribution in [3.05, 3.63) is 65.2 Å². The Balaban J connectivity index is 1.64. The Hall–Kier alpha value is -2.04. The molecule has 4 nitrogen and oxygen atoms in total. The van der Waals surface area contributed by atoms with E-state index < -0.39 is 6.10 Å². The van der Waals surface area contributed by atoms with Gasteiger partial charge in [0.1, 0.15) is 5.75 Å². The molecule has 5 heteroatoms. The summed E-state index contributed by atoms with van der Waals surface area (Å²) in [5.41, 5.74) is 1.15. The second-order valence-electron chi connectivity index (χ2n) is 6.69. The molecule has 1 saturated heterocycles. The summed E-state index contributed by atoms with van der Waals surface area (Å²) in [6.45, 7) is 3.73. The largest absolute Gasteiger partial charge is 0.481 e. The van der Waals surface area contributed by atoms with Crippen LogP contribution in [0.4, 0.5) is 0 Å². The van der Waals surface area contributed by atoms with Gasteiger partial charge in [-0.15, -0.1) is 0 Å². The molecule has 1 heterocycles. The summed E-state index contributed by atoms with van der Waals surface area (Å²) in [6, 6.07) is 17.4. The first kappa shape index (κ1) is 18.7. The fourth-order valence-electron chi connectivity index (χ4n) is 3.32. The maximum atomic E-state index is 12.5. The monoisotopic (exact) mass is 373 g/mol. The van der Waals surface area contributed by atoms with Crippen molar-refractivity contribution in [2.24, 2.45) is 0 Å². The SMILES string of the molecule is C[C@@H](Oc1cccc(Cl)c1)C(=O)NCC1(c2ccccc2)CCOCC1. The summed E-state index contributed by atoms with van der Waals surface area (Å²) >= 11 is 5.96. The van der Waals surface area contributed by atoms with E-state index in [9.17, 15) is 4.79 Å². The Morgan fingerprint density at radius 3 is 2.62 bits per heavy atom. The van der Waals surface area contributed by atoms with E-state index in [-0.39, 0.29) is 11.3 Å². The van der Waals surface area contributed by atoms with E-state index in [1.54, 1.807) is 31.2 Å². The summed E-state index contributed by atoms with van der Waals surface area (Å²) in [6.07, 6.45) is 1.18. The maximum Gasteiger partial charge on any atom is 0.260 e. The van der Waals surface area contributed by atoms with Crippen molar-refractivity contribution in [2.75, 3.05) is 19.8 Å². The maximum absolute atomic E-state index is 12.5.